The van der Waals surface area contributed by atoms with E-state index in [0.29, 0.717) is 22.0 Å². The van der Waals surface area contributed by atoms with Gasteiger partial charge in [-0.1, -0.05) is 36.6 Å². The highest BCUT2D eigenvalue weighted by Gasteiger charge is 2.24. The molecule has 5 nitrogen and oxygen atoms in total. The molecule has 6 heteroatoms. The summed E-state index contributed by atoms with van der Waals surface area (Å²) >= 11 is 5.89. The molecule has 0 aliphatic carbocycles. The van der Waals surface area contributed by atoms with Gasteiger partial charge in [0.25, 0.3) is 11.8 Å². The highest BCUT2D eigenvalue weighted by Crippen LogP contribution is 2.33. The summed E-state index contributed by atoms with van der Waals surface area (Å²) in [5.41, 5.74) is 1.89. The van der Waals surface area contributed by atoms with Crippen molar-refractivity contribution in [2.24, 2.45) is 0 Å². The van der Waals surface area contributed by atoms with Gasteiger partial charge in [0.15, 0.2) is 11.5 Å². The molecule has 0 aromatic heterocycles. The molecular formula is C22H21ClN2O3. The number of amides is 2. The van der Waals surface area contributed by atoms with Crippen LogP contribution in [0.15, 0.2) is 48.2 Å². The summed E-state index contributed by atoms with van der Waals surface area (Å²) in [7, 11) is 0. The van der Waals surface area contributed by atoms with Crippen LogP contribution in [0.3, 0.4) is 0 Å². The Balaban J connectivity index is 1.54. The van der Waals surface area contributed by atoms with E-state index < -0.39 is 0 Å². The zero-order valence-corrected chi connectivity index (χ0v) is 16.2. The average Bonchev–Trinajstić information content (AvgIpc) is 2.99. The molecule has 0 saturated carbocycles. The molecule has 2 aromatic carbocycles. The van der Waals surface area contributed by atoms with E-state index in [1.165, 1.54) is 12.8 Å². The summed E-state index contributed by atoms with van der Waals surface area (Å²) in [6.07, 6.45) is 6.07. The number of carbonyl (C=O) groups is 2. The molecule has 2 amide bonds. The Hall–Kier alpha value is -2.79. The van der Waals surface area contributed by atoms with Crippen molar-refractivity contribution in [2.75, 3.05) is 18.4 Å². The molecule has 0 spiro atoms. The number of ether oxygens (including phenoxy) is 1. The zero-order chi connectivity index (χ0) is 19.5. The maximum Gasteiger partial charge on any atom is 0.291 e. The van der Waals surface area contributed by atoms with Crippen LogP contribution in [0.2, 0.25) is 5.02 Å². The van der Waals surface area contributed by atoms with E-state index in [9.17, 15) is 9.59 Å². The summed E-state index contributed by atoms with van der Waals surface area (Å²) in [6, 6.07) is 12.3. The van der Waals surface area contributed by atoms with Crippen molar-refractivity contribution in [3.05, 3.63) is 64.4 Å². The summed E-state index contributed by atoms with van der Waals surface area (Å²) in [6.45, 7) is 1.57. The Morgan fingerprint density at radius 3 is 2.46 bits per heavy atom. The van der Waals surface area contributed by atoms with Crippen LogP contribution in [-0.4, -0.2) is 29.8 Å². The van der Waals surface area contributed by atoms with Gasteiger partial charge in [0, 0.05) is 23.7 Å². The first kappa shape index (κ1) is 18.6. The van der Waals surface area contributed by atoms with E-state index in [2.05, 4.69) is 5.32 Å². The number of nitrogens with zero attached hydrogens (tertiary/aromatic N) is 1. The topological polar surface area (TPSA) is 58.6 Å². The highest BCUT2D eigenvalue weighted by atomic mass is 35.5. The third kappa shape index (κ3) is 4.04. The lowest BCUT2D eigenvalue weighted by Crippen LogP contribution is -2.32. The third-order valence-electron chi connectivity index (χ3n) is 4.98. The molecule has 0 bridgehead atoms. The first-order chi connectivity index (χ1) is 13.6. The van der Waals surface area contributed by atoms with Gasteiger partial charge in [-0.3, -0.25) is 9.59 Å². The standard InChI is InChI=1S/C22H21ClN2O3/c23-17-8-5-15(6-9-17)13-20-21(26)24-18-14-16(7-10-19(18)28-20)22(27)25-11-3-1-2-4-12-25/h5-10,13-14H,1-4,11-12H2,(H,24,26)/b20-13-. The van der Waals surface area contributed by atoms with Crippen molar-refractivity contribution in [2.45, 2.75) is 25.7 Å². The van der Waals surface area contributed by atoms with E-state index in [1.807, 2.05) is 17.0 Å². The van der Waals surface area contributed by atoms with Gasteiger partial charge in [-0.15, -0.1) is 0 Å². The second-order valence-electron chi connectivity index (χ2n) is 7.03. The molecular weight excluding hydrogens is 376 g/mol. The van der Waals surface area contributed by atoms with Gasteiger partial charge in [0.05, 0.1) is 5.69 Å². The van der Waals surface area contributed by atoms with E-state index in [-0.39, 0.29) is 17.6 Å². The largest absolute Gasteiger partial charge is 0.449 e. The van der Waals surface area contributed by atoms with Gasteiger partial charge >= 0.3 is 0 Å². The Morgan fingerprint density at radius 1 is 1.04 bits per heavy atom. The molecule has 1 fully saturated rings. The number of hydrogen-bond acceptors (Lipinski definition) is 3. The summed E-state index contributed by atoms with van der Waals surface area (Å²) < 4.78 is 5.77. The summed E-state index contributed by atoms with van der Waals surface area (Å²) in [4.78, 5) is 27.1. The predicted molar refractivity (Wildman–Crippen MR) is 110 cm³/mol. The Labute approximate surface area is 168 Å². The number of benzene rings is 2. The molecule has 4 rings (SSSR count). The quantitative estimate of drug-likeness (QED) is 0.746. The molecule has 2 aliphatic rings. The maximum absolute atomic E-state index is 12.8. The molecule has 0 unspecified atom stereocenters. The van der Waals surface area contributed by atoms with Crippen molar-refractivity contribution >= 4 is 35.2 Å². The fraction of sp³-hybridized carbons (Fsp3) is 0.273. The van der Waals surface area contributed by atoms with Gasteiger partial charge in [-0.2, -0.15) is 0 Å². The Morgan fingerprint density at radius 2 is 1.75 bits per heavy atom. The smallest absolute Gasteiger partial charge is 0.291 e. The predicted octanol–water partition coefficient (Wildman–Crippen LogP) is 4.73. The minimum Gasteiger partial charge on any atom is -0.449 e. The molecule has 2 aliphatic heterocycles. The second kappa shape index (κ2) is 8.07. The molecule has 1 N–H and O–H groups in total. The molecule has 0 atom stereocenters. The first-order valence-electron chi connectivity index (χ1n) is 9.50. The molecule has 0 radical (unpaired) electrons. The van der Waals surface area contributed by atoms with Crippen molar-refractivity contribution < 1.29 is 14.3 Å². The van der Waals surface area contributed by atoms with Crippen LogP contribution in [0.25, 0.3) is 6.08 Å². The van der Waals surface area contributed by atoms with Crippen molar-refractivity contribution in [1.29, 1.82) is 0 Å². The van der Waals surface area contributed by atoms with E-state index in [0.717, 1.165) is 31.5 Å². The van der Waals surface area contributed by atoms with Crippen LogP contribution in [0.5, 0.6) is 5.75 Å². The second-order valence-corrected chi connectivity index (χ2v) is 7.47. The van der Waals surface area contributed by atoms with Crippen LogP contribution < -0.4 is 10.1 Å². The average molecular weight is 397 g/mol. The third-order valence-corrected chi connectivity index (χ3v) is 5.23. The van der Waals surface area contributed by atoms with E-state index in [4.69, 9.17) is 16.3 Å². The van der Waals surface area contributed by atoms with Crippen LogP contribution in [0, 0.1) is 0 Å². The normalized spacial score (nSPS) is 18.1. The SMILES string of the molecule is O=C1Nc2cc(C(=O)N3CCCCCC3)ccc2O/C1=C\c1ccc(Cl)cc1. The van der Waals surface area contributed by atoms with Crippen molar-refractivity contribution in [3.8, 4) is 5.75 Å². The molecule has 144 valence electrons. The first-order valence-corrected chi connectivity index (χ1v) is 9.88. The van der Waals surface area contributed by atoms with Crippen LogP contribution >= 0.6 is 11.6 Å². The molecule has 2 aromatic rings. The number of carbonyl (C=O) groups excluding carboxylic acids is 2. The number of hydrogen-bond donors (Lipinski definition) is 1. The minimum atomic E-state index is -0.346. The maximum atomic E-state index is 12.8. The number of likely N-dealkylation sites (tertiary alicyclic amines) is 1. The van der Waals surface area contributed by atoms with Crippen molar-refractivity contribution in [1.82, 2.24) is 4.90 Å². The van der Waals surface area contributed by atoms with Gasteiger partial charge < -0.3 is 15.0 Å². The lowest BCUT2D eigenvalue weighted by Gasteiger charge is -2.23. The van der Waals surface area contributed by atoms with Crippen molar-refractivity contribution in [3.63, 3.8) is 0 Å². The fourth-order valence-corrected chi connectivity index (χ4v) is 3.59. The summed E-state index contributed by atoms with van der Waals surface area (Å²) in [5, 5.41) is 3.45. The van der Waals surface area contributed by atoms with Crippen LogP contribution in [-0.2, 0) is 4.79 Å². The number of fused-ring (bicyclic) bond motifs is 1. The van der Waals surface area contributed by atoms with Gasteiger partial charge in [0.2, 0.25) is 0 Å². The molecule has 1 saturated heterocycles. The monoisotopic (exact) mass is 396 g/mol. The van der Waals surface area contributed by atoms with Crippen LogP contribution in [0.1, 0.15) is 41.6 Å². The number of nitrogens with one attached hydrogen (secondary N) is 1. The number of rotatable bonds is 2. The Bertz CT molecular complexity index is 929. The van der Waals surface area contributed by atoms with Crippen LogP contribution in [0.4, 0.5) is 5.69 Å². The number of halogens is 1. The zero-order valence-electron chi connectivity index (χ0n) is 15.4. The summed E-state index contributed by atoms with van der Waals surface area (Å²) in [5.74, 6) is 0.372. The lowest BCUT2D eigenvalue weighted by atomic mass is 10.1. The molecule has 28 heavy (non-hydrogen) atoms. The highest BCUT2D eigenvalue weighted by molar-refractivity contribution is 6.30. The Kier molecular flexibility index (Phi) is 5.35. The number of anilines is 1. The molecule has 2 heterocycles. The van der Waals surface area contributed by atoms with E-state index >= 15 is 0 Å². The minimum absolute atomic E-state index is 0.00134. The lowest BCUT2D eigenvalue weighted by molar-refractivity contribution is -0.115. The van der Waals surface area contributed by atoms with Gasteiger partial charge in [-0.25, -0.2) is 0 Å². The van der Waals surface area contributed by atoms with Gasteiger partial charge in [-0.05, 0) is 54.8 Å². The van der Waals surface area contributed by atoms with E-state index in [1.54, 1.807) is 36.4 Å². The fourth-order valence-electron chi connectivity index (χ4n) is 3.46. The van der Waals surface area contributed by atoms with Gasteiger partial charge in [0.1, 0.15) is 0 Å².